The fraction of sp³-hybridized carbons (Fsp3) is 0.529. The fourth-order valence-electron chi connectivity index (χ4n) is 2.15. The first-order valence-electron chi connectivity index (χ1n) is 7.11. The molecule has 3 nitrogen and oxygen atoms in total. The highest BCUT2D eigenvalue weighted by atomic mass is 16.6. The number of hydrogen-bond acceptors (Lipinski definition) is 3. The number of ether oxygens (including phenoxy) is 3. The predicted molar refractivity (Wildman–Crippen MR) is 80.4 cm³/mol. The minimum atomic E-state index is 0.0971. The highest BCUT2D eigenvalue weighted by Crippen LogP contribution is 2.38. The topological polar surface area (TPSA) is 31.0 Å². The second-order valence-electron chi connectivity index (χ2n) is 5.79. The SMILES string of the molecule is COc1ccc(OCC=C(C)CCC2OC2(C)C)cc1. The van der Waals surface area contributed by atoms with Crippen molar-refractivity contribution in [1.29, 1.82) is 0 Å². The van der Waals surface area contributed by atoms with Gasteiger partial charge in [-0.15, -0.1) is 0 Å². The third-order valence-corrected chi connectivity index (χ3v) is 3.71. The van der Waals surface area contributed by atoms with E-state index in [-0.39, 0.29) is 5.60 Å². The smallest absolute Gasteiger partial charge is 0.120 e. The van der Waals surface area contributed by atoms with Crippen LogP contribution in [0.25, 0.3) is 0 Å². The Balaban J connectivity index is 1.69. The van der Waals surface area contributed by atoms with Crippen LogP contribution < -0.4 is 9.47 Å². The number of epoxide rings is 1. The van der Waals surface area contributed by atoms with Crippen molar-refractivity contribution >= 4 is 0 Å². The van der Waals surface area contributed by atoms with Gasteiger partial charge >= 0.3 is 0 Å². The summed E-state index contributed by atoms with van der Waals surface area (Å²) in [5, 5.41) is 0. The molecule has 0 bridgehead atoms. The summed E-state index contributed by atoms with van der Waals surface area (Å²) in [5.41, 5.74) is 1.45. The van der Waals surface area contributed by atoms with Crippen LogP contribution in [0.15, 0.2) is 35.9 Å². The Hall–Kier alpha value is -1.48. The molecule has 110 valence electrons. The Morgan fingerprint density at radius 3 is 2.40 bits per heavy atom. The van der Waals surface area contributed by atoms with E-state index < -0.39 is 0 Å². The molecule has 1 aliphatic heterocycles. The zero-order valence-electron chi connectivity index (χ0n) is 12.8. The van der Waals surface area contributed by atoms with Gasteiger partial charge in [0.25, 0.3) is 0 Å². The summed E-state index contributed by atoms with van der Waals surface area (Å²) in [7, 11) is 1.66. The summed E-state index contributed by atoms with van der Waals surface area (Å²) in [4.78, 5) is 0. The predicted octanol–water partition coefficient (Wildman–Crippen LogP) is 3.98. The molecule has 0 spiro atoms. The molecule has 0 N–H and O–H groups in total. The minimum absolute atomic E-state index is 0.0971. The Kier molecular flexibility index (Phi) is 4.71. The normalized spacial score (nSPS) is 20.6. The minimum Gasteiger partial charge on any atom is -0.497 e. The van der Waals surface area contributed by atoms with Gasteiger partial charge < -0.3 is 14.2 Å². The van der Waals surface area contributed by atoms with Gasteiger partial charge in [-0.3, -0.25) is 0 Å². The van der Waals surface area contributed by atoms with E-state index in [2.05, 4.69) is 26.8 Å². The molecule has 1 heterocycles. The molecule has 1 saturated heterocycles. The third kappa shape index (κ3) is 4.27. The lowest BCUT2D eigenvalue weighted by atomic mass is 10.0. The van der Waals surface area contributed by atoms with E-state index in [1.54, 1.807) is 7.11 Å². The van der Waals surface area contributed by atoms with Gasteiger partial charge in [-0.2, -0.15) is 0 Å². The first-order chi connectivity index (χ1) is 9.51. The highest BCUT2D eigenvalue weighted by Gasteiger charge is 2.46. The number of allylic oxidation sites excluding steroid dienone is 1. The molecular formula is C17H24O3. The maximum absolute atomic E-state index is 5.68. The molecule has 0 radical (unpaired) electrons. The van der Waals surface area contributed by atoms with Crippen LogP contribution >= 0.6 is 0 Å². The Morgan fingerprint density at radius 1 is 1.25 bits per heavy atom. The van der Waals surface area contributed by atoms with Crippen molar-refractivity contribution in [3.8, 4) is 11.5 Å². The van der Waals surface area contributed by atoms with Crippen molar-refractivity contribution in [3.63, 3.8) is 0 Å². The lowest BCUT2D eigenvalue weighted by Gasteiger charge is -2.06. The van der Waals surface area contributed by atoms with Gasteiger partial charge in [0.05, 0.1) is 18.8 Å². The van der Waals surface area contributed by atoms with Crippen LogP contribution in [0.3, 0.4) is 0 Å². The molecule has 1 aromatic carbocycles. The molecule has 3 heteroatoms. The maximum Gasteiger partial charge on any atom is 0.120 e. The first-order valence-corrected chi connectivity index (χ1v) is 7.11. The molecule has 1 atom stereocenters. The third-order valence-electron chi connectivity index (χ3n) is 3.71. The van der Waals surface area contributed by atoms with Crippen LogP contribution in [0.2, 0.25) is 0 Å². The van der Waals surface area contributed by atoms with Gasteiger partial charge in [0.1, 0.15) is 18.1 Å². The van der Waals surface area contributed by atoms with E-state index in [0.29, 0.717) is 12.7 Å². The van der Waals surface area contributed by atoms with Gasteiger partial charge in [-0.1, -0.05) is 5.57 Å². The van der Waals surface area contributed by atoms with Crippen LogP contribution in [0.5, 0.6) is 11.5 Å². The van der Waals surface area contributed by atoms with E-state index >= 15 is 0 Å². The second kappa shape index (κ2) is 6.31. The molecule has 1 aromatic rings. The van der Waals surface area contributed by atoms with Gasteiger partial charge in [0.2, 0.25) is 0 Å². The van der Waals surface area contributed by atoms with Crippen molar-refractivity contribution in [3.05, 3.63) is 35.9 Å². The largest absolute Gasteiger partial charge is 0.497 e. The average Bonchev–Trinajstić information content (AvgIpc) is 3.05. The van der Waals surface area contributed by atoms with Crippen LogP contribution in [-0.2, 0) is 4.74 Å². The number of rotatable bonds is 7. The van der Waals surface area contributed by atoms with E-state index in [9.17, 15) is 0 Å². The van der Waals surface area contributed by atoms with Crippen molar-refractivity contribution in [2.45, 2.75) is 45.3 Å². The van der Waals surface area contributed by atoms with Crippen molar-refractivity contribution in [2.75, 3.05) is 13.7 Å². The van der Waals surface area contributed by atoms with E-state index in [0.717, 1.165) is 24.3 Å². The van der Waals surface area contributed by atoms with Crippen LogP contribution in [-0.4, -0.2) is 25.4 Å². The summed E-state index contributed by atoms with van der Waals surface area (Å²) in [6, 6.07) is 7.64. The van der Waals surface area contributed by atoms with Crippen LogP contribution in [0, 0.1) is 0 Å². The lowest BCUT2D eigenvalue weighted by Crippen LogP contribution is -2.03. The Bertz CT molecular complexity index is 460. The number of hydrogen-bond donors (Lipinski definition) is 0. The van der Waals surface area contributed by atoms with E-state index in [1.807, 2.05) is 24.3 Å². The molecule has 0 aliphatic carbocycles. The number of benzene rings is 1. The maximum atomic E-state index is 5.68. The zero-order valence-corrected chi connectivity index (χ0v) is 12.8. The highest BCUT2D eigenvalue weighted by molar-refractivity contribution is 5.31. The zero-order chi connectivity index (χ0) is 14.6. The molecule has 0 saturated carbocycles. The van der Waals surface area contributed by atoms with Crippen molar-refractivity contribution in [2.24, 2.45) is 0 Å². The molecule has 2 rings (SSSR count). The van der Waals surface area contributed by atoms with Crippen LogP contribution in [0.4, 0.5) is 0 Å². The van der Waals surface area contributed by atoms with Gasteiger partial charge in [-0.05, 0) is 64.0 Å². The standard InChI is InChI=1S/C17H24O3/c1-13(5-10-16-17(2,3)20-16)11-12-19-15-8-6-14(18-4)7-9-15/h6-9,11,16H,5,10,12H2,1-4H3. The molecule has 1 unspecified atom stereocenters. The molecule has 1 aliphatic rings. The monoisotopic (exact) mass is 276 g/mol. The summed E-state index contributed by atoms with van der Waals surface area (Å²) in [5.74, 6) is 1.71. The Morgan fingerprint density at radius 2 is 1.85 bits per heavy atom. The quantitative estimate of drug-likeness (QED) is 0.557. The first kappa shape index (κ1) is 14.9. The summed E-state index contributed by atoms with van der Waals surface area (Å²) in [6.45, 7) is 7.03. The fourth-order valence-corrected chi connectivity index (χ4v) is 2.15. The van der Waals surface area contributed by atoms with Gasteiger partial charge in [0, 0.05) is 0 Å². The lowest BCUT2D eigenvalue weighted by molar-refractivity contribution is 0.320. The molecule has 20 heavy (non-hydrogen) atoms. The summed E-state index contributed by atoms with van der Waals surface area (Å²) >= 11 is 0. The average molecular weight is 276 g/mol. The second-order valence-corrected chi connectivity index (χ2v) is 5.79. The summed E-state index contributed by atoms with van der Waals surface area (Å²) < 4.78 is 16.4. The van der Waals surface area contributed by atoms with Gasteiger partial charge in [-0.25, -0.2) is 0 Å². The van der Waals surface area contributed by atoms with Crippen molar-refractivity contribution < 1.29 is 14.2 Å². The summed E-state index contributed by atoms with van der Waals surface area (Å²) in [6.07, 6.45) is 4.73. The molecular weight excluding hydrogens is 252 g/mol. The molecule has 1 fully saturated rings. The van der Waals surface area contributed by atoms with Crippen LogP contribution in [0.1, 0.15) is 33.6 Å². The molecule has 0 amide bonds. The number of methoxy groups -OCH3 is 1. The van der Waals surface area contributed by atoms with Crippen molar-refractivity contribution in [1.82, 2.24) is 0 Å². The van der Waals surface area contributed by atoms with Gasteiger partial charge in [0.15, 0.2) is 0 Å². The van der Waals surface area contributed by atoms with E-state index in [4.69, 9.17) is 14.2 Å². The Labute approximate surface area is 121 Å². The van der Waals surface area contributed by atoms with E-state index in [1.165, 1.54) is 5.57 Å². The molecule has 0 aromatic heterocycles.